The molecular weight excluding hydrogens is 340 g/mol. The molecule has 0 heterocycles. The summed E-state index contributed by atoms with van der Waals surface area (Å²) in [4.78, 5) is 22.9. The van der Waals surface area contributed by atoms with Crippen LogP contribution in [-0.4, -0.2) is 45.8 Å². The largest absolute Gasteiger partial charge is 0.465 e. The van der Waals surface area contributed by atoms with Crippen molar-refractivity contribution in [3.8, 4) is 0 Å². The third kappa shape index (κ3) is 6.24. The maximum absolute atomic E-state index is 11.5. The number of hydrogen-bond acceptors (Lipinski definition) is 5. The van der Waals surface area contributed by atoms with Crippen molar-refractivity contribution < 1.29 is 19.1 Å². The molecule has 0 saturated heterocycles. The average Bonchev–Trinajstić information content (AvgIpc) is 2.48. The van der Waals surface area contributed by atoms with Gasteiger partial charge in [0.2, 0.25) is 5.91 Å². The summed E-state index contributed by atoms with van der Waals surface area (Å²) in [6, 6.07) is 5.19. The van der Waals surface area contributed by atoms with Crippen LogP contribution in [0.3, 0.4) is 0 Å². The molecule has 0 bridgehead atoms. The van der Waals surface area contributed by atoms with Gasteiger partial charge in [0.25, 0.3) is 0 Å². The Morgan fingerprint density at radius 1 is 1.29 bits per heavy atom. The van der Waals surface area contributed by atoms with Crippen molar-refractivity contribution in [2.24, 2.45) is 0 Å². The normalized spacial score (nSPS) is 10.2. The first-order valence-corrected chi connectivity index (χ1v) is 7.21. The van der Waals surface area contributed by atoms with E-state index < -0.39 is 0 Å². The van der Waals surface area contributed by atoms with Crippen LogP contribution in [0, 0.1) is 0 Å². The predicted molar refractivity (Wildman–Crippen MR) is 82.1 cm³/mol. The Balaban J connectivity index is 2.42. The molecule has 1 aromatic rings. The Morgan fingerprint density at radius 2 is 2.05 bits per heavy atom. The molecule has 2 N–H and O–H groups in total. The maximum atomic E-state index is 11.5. The molecule has 0 aromatic heterocycles. The number of benzene rings is 1. The Bertz CT molecular complexity index is 494. The third-order valence-electron chi connectivity index (χ3n) is 2.70. The second-order valence-corrected chi connectivity index (χ2v) is 5.10. The monoisotopic (exact) mass is 358 g/mol. The quantitative estimate of drug-likeness (QED) is 0.537. The lowest BCUT2D eigenvalue weighted by atomic mass is 10.1. The molecule has 0 radical (unpaired) electrons. The van der Waals surface area contributed by atoms with E-state index in [9.17, 15) is 9.59 Å². The third-order valence-corrected chi connectivity index (χ3v) is 3.44. The number of carbonyl (C=O) groups excluding carboxylic acids is 2. The summed E-state index contributed by atoms with van der Waals surface area (Å²) in [7, 11) is 2.92. The summed E-state index contributed by atoms with van der Waals surface area (Å²) in [5.74, 6) is -0.470. The van der Waals surface area contributed by atoms with Crippen LogP contribution < -0.4 is 10.6 Å². The summed E-state index contributed by atoms with van der Waals surface area (Å²) < 4.78 is 10.3. The highest BCUT2D eigenvalue weighted by molar-refractivity contribution is 9.10. The van der Waals surface area contributed by atoms with Crippen LogP contribution in [0.15, 0.2) is 22.7 Å². The molecule has 7 heteroatoms. The van der Waals surface area contributed by atoms with Crippen molar-refractivity contribution >= 4 is 27.8 Å². The van der Waals surface area contributed by atoms with Gasteiger partial charge in [-0.05, 0) is 17.7 Å². The lowest BCUT2D eigenvalue weighted by molar-refractivity contribution is -0.120. The zero-order valence-electron chi connectivity index (χ0n) is 12.1. The number of nitrogens with one attached hydrogen (secondary N) is 2. The highest BCUT2D eigenvalue weighted by Gasteiger charge is 2.08. The van der Waals surface area contributed by atoms with Crippen molar-refractivity contribution in [2.75, 3.05) is 33.9 Å². The Kier molecular flexibility index (Phi) is 7.96. The Labute approximate surface area is 132 Å². The Hall–Kier alpha value is -1.44. The molecule has 6 nitrogen and oxygen atoms in total. The standard InChI is InChI=1S/C14H19BrN2O4/c1-20-6-5-17-13(18)9-16-8-11-4-3-10(7-12(11)15)14(19)21-2/h3-4,7,16H,5-6,8-9H2,1-2H3,(H,17,18). The highest BCUT2D eigenvalue weighted by Crippen LogP contribution is 2.19. The minimum absolute atomic E-state index is 0.0886. The van der Waals surface area contributed by atoms with Gasteiger partial charge in [-0.3, -0.25) is 4.79 Å². The maximum Gasteiger partial charge on any atom is 0.337 e. The van der Waals surface area contributed by atoms with Crippen molar-refractivity contribution in [2.45, 2.75) is 6.54 Å². The van der Waals surface area contributed by atoms with Gasteiger partial charge in [0.15, 0.2) is 0 Å². The molecule has 0 aliphatic carbocycles. The van der Waals surface area contributed by atoms with Gasteiger partial charge in [0.1, 0.15) is 0 Å². The van der Waals surface area contributed by atoms with E-state index in [4.69, 9.17) is 4.74 Å². The minimum atomic E-state index is -0.382. The summed E-state index contributed by atoms with van der Waals surface area (Å²) in [6.07, 6.45) is 0. The molecular formula is C14H19BrN2O4. The molecule has 0 unspecified atom stereocenters. The second kappa shape index (κ2) is 9.49. The lowest BCUT2D eigenvalue weighted by Crippen LogP contribution is -2.35. The molecule has 1 aromatic carbocycles. The topological polar surface area (TPSA) is 76.7 Å². The van der Waals surface area contributed by atoms with Gasteiger partial charge in [-0.2, -0.15) is 0 Å². The van der Waals surface area contributed by atoms with E-state index in [2.05, 4.69) is 31.3 Å². The van der Waals surface area contributed by atoms with Crippen molar-refractivity contribution in [3.63, 3.8) is 0 Å². The SMILES string of the molecule is COCCNC(=O)CNCc1ccc(C(=O)OC)cc1Br. The molecule has 1 amide bonds. The second-order valence-electron chi connectivity index (χ2n) is 4.24. The average molecular weight is 359 g/mol. The fourth-order valence-corrected chi connectivity index (χ4v) is 2.12. The van der Waals surface area contributed by atoms with Gasteiger partial charge in [-0.25, -0.2) is 4.79 Å². The van der Waals surface area contributed by atoms with Gasteiger partial charge in [0, 0.05) is 24.7 Å². The number of methoxy groups -OCH3 is 2. The molecule has 0 spiro atoms. The van der Waals surface area contributed by atoms with E-state index in [1.54, 1.807) is 19.2 Å². The van der Waals surface area contributed by atoms with Crippen molar-refractivity contribution in [3.05, 3.63) is 33.8 Å². The van der Waals surface area contributed by atoms with Crippen LogP contribution in [0.25, 0.3) is 0 Å². The van der Waals surface area contributed by atoms with Gasteiger partial charge in [0.05, 0.1) is 25.8 Å². The predicted octanol–water partition coefficient (Wildman–Crippen LogP) is 1.09. The molecule has 0 aliphatic heterocycles. The van der Waals surface area contributed by atoms with Gasteiger partial charge in [-0.1, -0.05) is 22.0 Å². The van der Waals surface area contributed by atoms with Crippen LogP contribution in [0.2, 0.25) is 0 Å². The molecule has 116 valence electrons. The molecule has 0 aliphatic rings. The number of halogens is 1. The number of ether oxygens (including phenoxy) is 2. The van der Waals surface area contributed by atoms with Crippen LogP contribution in [0.1, 0.15) is 15.9 Å². The first-order chi connectivity index (χ1) is 10.1. The highest BCUT2D eigenvalue weighted by atomic mass is 79.9. The van der Waals surface area contributed by atoms with Gasteiger partial charge < -0.3 is 20.1 Å². The first kappa shape index (κ1) is 17.6. The number of rotatable bonds is 8. The zero-order chi connectivity index (χ0) is 15.7. The summed E-state index contributed by atoms with van der Waals surface area (Å²) in [5, 5.41) is 5.75. The van der Waals surface area contributed by atoms with E-state index in [-0.39, 0.29) is 18.4 Å². The number of esters is 1. The van der Waals surface area contributed by atoms with Gasteiger partial charge in [-0.15, -0.1) is 0 Å². The fraction of sp³-hybridized carbons (Fsp3) is 0.429. The molecule has 1 rings (SSSR count). The molecule has 0 atom stereocenters. The fourth-order valence-electron chi connectivity index (χ4n) is 1.60. The lowest BCUT2D eigenvalue weighted by Gasteiger charge is -2.09. The van der Waals surface area contributed by atoms with Crippen LogP contribution in [0.4, 0.5) is 0 Å². The summed E-state index contributed by atoms with van der Waals surface area (Å²) in [6.45, 7) is 1.72. The molecule has 21 heavy (non-hydrogen) atoms. The van der Waals surface area contributed by atoms with E-state index in [1.807, 2.05) is 6.07 Å². The summed E-state index contributed by atoms with van der Waals surface area (Å²) >= 11 is 3.40. The molecule has 0 saturated carbocycles. The number of amides is 1. The number of hydrogen-bond donors (Lipinski definition) is 2. The summed E-state index contributed by atoms with van der Waals surface area (Å²) in [5.41, 5.74) is 1.43. The van der Waals surface area contributed by atoms with E-state index >= 15 is 0 Å². The number of carbonyl (C=O) groups is 2. The van der Waals surface area contributed by atoms with Crippen LogP contribution in [-0.2, 0) is 20.8 Å². The van der Waals surface area contributed by atoms with E-state index in [1.165, 1.54) is 7.11 Å². The first-order valence-electron chi connectivity index (χ1n) is 6.41. The Morgan fingerprint density at radius 3 is 2.67 bits per heavy atom. The van der Waals surface area contributed by atoms with Crippen molar-refractivity contribution in [1.82, 2.24) is 10.6 Å². The van der Waals surface area contributed by atoms with Gasteiger partial charge >= 0.3 is 5.97 Å². The van der Waals surface area contributed by atoms with Crippen LogP contribution >= 0.6 is 15.9 Å². The molecule has 0 fully saturated rings. The van der Waals surface area contributed by atoms with Crippen molar-refractivity contribution in [1.29, 1.82) is 0 Å². The van der Waals surface area contributed by atoms with Crippen LogP contribution in [0.5, 0.6) is 0 Å². The minimum Gasteiger partial charge on any atom is -0.465 e. The van der Waals surface area contributed by atoms with E-state index in [0.29, 0.717) is 25.3 Å². The zero-order valence-corrected chi connectivity index (χ0v) is 13.7. The van der Waals surface area contributed by atoms with E-state index in [0.717, 1.165) is 10.0 Å². The smallest absolute Gasteiger partial charge is 0.337 e.